The second kappa shape index (κ2) is 7.77. The molecule has 3 rings (SSSR count). The van der Waals surface area contributed by atoms with E-state index in [4.69, 9.17) is 15.2 Å². The van der Waals surface area contributed by atoms with Crippen molar-refractivity contribution in [3.63, 3.8) is 0 Å². The summed E-state index contributed by atoms with van der Waals surface area (Å²) in [5.74, 6) is 0.494. The lowest BCUT2D eigenvalue weighted by Gasteiger charge is -2.30. The number of sulfonamides is 1. The predicted octanol–water partition coefficient (Wildman–Crippen LogP) is 1.55. The first-order valence-electron chi connectivity index (χ1n) is 8.73. The number of ether oxygens (including phenoxy) is 2. The van der Waals surface area contributed by atoms with Gasteiger partial charge in [0, 0.05) is 18.7 Å². The first kappa shape index (κ1) is 18.9. The van der Waals surface area contributed by atoms with Gasteiger partial charge in [-0.3, -0.25) is 10.1 Å². The van der Waals surface area contributed by atoms with Crippen molar-refractivity contribution in [2.75, 3.05) is 19.8 Å². The van der Waals surface area contributed by atoms with E-state index in [1.54, 1.807) is 0 Å². The van der Waals surface area contributed by atoms with Crippen LogP contribution in [0.3, 0.4) is 0 Å². The number of hydrogen-bond donors (Lipinski definition) is 2. The molecule has 0 radical (unpaired) electrons. The number of fused-ring (bicyclic) bond motifs is 1. The van der Waals surface area contributed by atoms with Crippen molar-refractivity contribution in [1.82, 2.24) is 4.72 Å². The van der Waals surface area contributed by atoms with Crippen LogP contribution in [0.25, 0.3) is 0 Å². The molecule has 1 aromatic rings. The highest BCUT2D eigenvalue weighted by molar-refractivity contribution is 7.89. The molecule has 0 aromatic heterocycles. The summed E-state index contributed by atoms with van der Waals surface area (Å²) >= 11 is 0. The number of nitrogens with two attached hydrogens (primary N) is 1. The van der Waals surface area contributed by atoms with Gasteiger partial charge in [0.2, 0.25) is 10.0 Å². The van der Waals surface area contributed by atoms with E-state index in [2.05, 4.69) is 4.72 Å². The molecule has 1 atom stereocenters. The van der Waals surface area contributed by atoms with Crippen LogP contribution in [0.15, 0.2) is 17.0 Å². The van der Waals surface area contributed by atoms with Crippen LogP contribution in [0.1, 0.15) is 32.1 Å². The van der Waals surface area contributed by atoms with Crippen molar-refractivity contribution in [3.8, 4) is 11.5 Å². The maximum Gasteiger partial charge on any atom is 0.293 e. The van der Waals surface area contributed by atoms with Gasteiger partial charge in [0.05, 0.1) is 11.0 Å². The van der Waals surface area contributed by atoms with Crippen molar-refractivity contribution < 1.29 is 22.8 Å². The highest BCUT2D eigenvalue weighted by atomic mass is 32.2. The Morgan fingerprint density at radius 3 is 2.38 bits per heavy atom. The highest BCUT2D eigenvalue weighted by Crippen LogP contribution is 2.39. The van der Waals surface area contributed by atoms with Crippen LogP contribution in [0.4, 0.5) is 5.69 Å². The minimum absolute atomic E-state index is 0.139. The fourth-order valence-electron chi connectivity index (χ4n) is 3.55. The summed E-state index contributed by atoms with van der Waals surface area (Å²) in [7, 11) is -4.14. The Balaban J connectivity index is 1.93. The van der Waals surface area contributed by atoms with Gasteiger partial charge in [0.25, 0.3) is 5.69 Å². The standard InChI is InChI=1S/C16H23N3O6S/c17-10-12(11-4-2-1-3-5-11)18-26(22,23)16-9-15-14(24-6-7-25-15)8-13(16)19(20)21/h8-9,11-12,18H,1-7,10,17H2. The zero-order valence-electron chi connectivity index (χ0n) is 14.3. The van der Waals surface area contributed by atoms with Gasteiger partial charge in [0.1, 0.15) is 13.2 Å². The molecule has 1 aromatic carbocycles. The first-order chi connectivity index (χ1) is 12.4. The average molecular weight is 385 g/mol. The van der Waals surface area contributed by atoms with E-state index in [0.29, 0.717) is 0 Å². The molecule has 1 aliphatic heterocycles. The van der Waals surface area contributed by atoms with Gasteiger partial charge in [-0.25, -0.2) is 13.1 Å². The van der Waals surface area contributed by atoms with Crippen LogP contribution in [-0.2, 0) is 10.0 Å². The smallest absolute Gasteiger partial charge is 0.293 e. The topological polar surface area (TPSA) is 134 Å². The van der Waals surface area contributed by atoms with Crippen molar-refractivity contribution >= 4 is 15.7 Å². The zero-order valence-corrected chi connectivity index (χ0v) is 15.2. The van der Waals surface area contributed by atoms with Crippen LogP contribution in [-0.4, -0.2) is 39.1 Å². The predicted molar refractivity (Wildman–Crippen MR) is 93.8 cm³/mol. The number of rotatable bonds is 6. The Hall–Kier alpha value is -1.91. The lowest BCUT2D eigenvalue weighted by atomic mass is 9.84. The minimum Gasteiger partial charge on any atom is -0.486 e. The molecule has 10 heteroatoms. The van der Waals surface area contributed by atoms with Gasteiger partial charge in [0.15, 0.2) is 16.4 Å². The van der Waals surface area contributed by atoms with E-state index in [1.165, 1.54) is 0 Å². The average Bonchev–Trinajstić information content (AvgIpc) is 2.65. The molecule has 144 valence electrons. The van der Waals surface area contributed by atoms with Crippen LogP contribution in [0.5, 0.6) is 11.5 Å². The molecule has 9 nitrogen and oxygen atoms in total. The number of nitrogens with one attached hydrogen (secondary N) is 1. The molecule has 3 N–H and O–H groups in total. The number of nitro groups is 1. The monoisotopic (exact) mass is 385 g/mol. The maximum absolute atomic E-state index is 12.9. The number of nitrogens with zero attached hydrogens (tertiary/aromatic N) is 1. The van der Waals surface area contributed by atoms with E-state index in [9.17, 15) is 18.5 Å². The van der Waals surface area contributed by atoms with Gasteiger partial charge >= 0.3 is 0 Å². The summed E-state index contributed by atoms with van der Waals surface area (Å²) in [6.07, 6.45) is 5.00. The molecule has 0 bridgehead atoms. The van der Waals surface area contributed by atoms with Gasteiger partial charge in [-0.2, -0.15) is 0 Å². The molecule has 1 saturated carbocycles. The van der Waals surface area contributed by atoms with E-state index in [-0.39, 0.29) is 37.2 Å². The lowest BCUT2D eigenvalue weighted by Crippen LogP contribution is -2.45. The molecule has 1 fully saturated rings. The Bertz CT molecular complexity index is 776. The summed E-state index contributed by atoms with van der Waals surface area (Å²) in [5, 5.41) is 11.4. The van der Waals surface area contributed by atoms with E-state index < -0.39 is 31.6 Å². The van der Waals surface area contributed by atoms with Gasteiger partial charge in [-0.1, -0.05) is 19.3 Å². The van der Waals surface area contributed by atoms with Gasteiger partial charge < -0.3 is 15.2 Å². The molecule has 1 unspecified atom stereocenters. The summed E-state index contributed by atoms with van der Waals surface area (Å²) in [4.78, 5) is 10.2. The molecule has 1 heterocycles. The fourth-order valence-corrected chi connectivity index (χ4v) is 5.04. The molecule has 0 saturated heterocycles. The lowest BCUT2D eigenvalue weighted by molar-refractivity contribution is -0.388. The third kappa shape index (κ3) is 3.92. The minimum atomic E-state index is -4.14. The Kier molecular flexibility index (Phi) is 5.64. The van der Waals surface area contributed by atoms with Gasteiger partial charge in [-0.15, -0.1) is 0 Å². The fraction of sp³-hybridized carbons (Fsp3) is 0.625. The Morgan fingerprint density at radius 2 is 1.81 bits per heavy atom. The largest absolute Gasteiger partial charge is 0.486 e. The number of benzene rings is 1. The third-order valence-electron chi connectivity index (χ3n) is 4.89. The summed E-state index contributed by atoms with van der Waals surface area (Å²) in [6, 6.07) is 1.80. The second-order valence-corrected chi connectivity index (χ2v) is 8.26. The molecule has 0 spiro atoms. The van der Waals surface area contributed by atoms with Gasteiger partial charge in [-0.05, 0) is 18.8 Å². The summed E-state index contributed by atoms with van der Waals surface area (Å²) in [6.45, 7) is 0.652. The normalized spacial score (nSPS) is 19.1. The van der Waals surface area contributed by atoms with Crippen molar-refractivity contribution in [3.05, 3.63) is 22.2 Å². The van der Waals surface area contributed by atoms with Crippen LogP contribution < -0.4 is 19.9 Å². The van der Waals surface area contributed by atoms with E-state index >= 15 is 0 Å². The second-order valence-electron chi connectivity index (χ2n) is 6.58. The number of nitro benzene ring substituents is 1. The third-order valence-corrected chi connectivity index (χ3v) is 6.41. The SMILES string of the molecule is NCC(NS(=O)(=O)c1cc2c(cc1[N+](=O)[O-])OCCO2)C1CCCCC1. The maximum atomic E-state index is 12.9. The Morgan fingerprint density at radius 1 is 1.19 bits per heavy atom. The molecule has 26 heavy (non-hydrogen) atoms. The van der Waals surface area contributed by atoms with Crippen LogP contribution >= 0.6 is 0 Å². The summed E-state index contributed by atoms with van der Waals surface area (Å²) in [5.41, 5.74) is 5.25. The highest BCUT2D eigenvalue weighted by Gasteiger charge is 2.34. The number of hydrogen-bond acceptors (Lipinski definition) is 7. The molecular formula is C16H23N3O6S. The Labute approximate surface area is 152 Å². The quantitative estimate of drug-likeness (QED) is 0.560. The first-order valence-corrected chi connectivity index (χ1v) is 10.2. The molecule has 1 aliphatic carbocycles. The molecule has 0 amide bonds. The molecule has 2 aliphatic rings. The van der Waals surface area contributed by atoms with Crippen molar-refractivity contribution in [2.24, 2.45) is 11.7 Å². The van der Waals surface area contributed by atoms with E-state index in [0.717, 1.165) is 44.2 Å². The van der Waals surface area contributed by atoms with Crippen molar-refractivity contribution in [1.29, 1.82) is 0 Å². The molecular weight excluding hydrogens is 362 g/mol. The van der Waals surface area contributed by atoms with Crippen LogP contribution in [0, 0.1) is 16.0 Å². The van der Waals surface area contributed by atoms with Crippen LogP contribution in [0.2, 0.25) is 0 Å². The zero-order chi connectivity index (χ0) is 18.7. The van der Waals surface area contributed by atoms with Crippen molar-refractivity contribution in [2.45, 2.75) is 43.0 Å². The summed E-state index contributed by atoms with van der Waals surface area (Å²) < 4.78 is 39.0. The van der Waals surface area contributed by atoms with E-state index in [1.807, 2.05) is 0 Å².